The average Bonchev–Trinajstić information content (AvgIpc) is 2.72. The van der Waals surface area contributed by atoms with Gasteiger partial charge in [-0.2, -0.15) is 0 Å². The van der Waals surface area contributed by atoms with Crippen LogP contribution in [0.25, 0.3) is 0 Å². The van der Waals surface area contributed by atoms with Crippen molar-refractivity contribution in [3.8, 4) is 11.8 Å². The Morgan fingerprint density at radius 3 is 2.93 bits per heavy atom. The molecule has 0 aromatic carbocycles. The smallest absolute Gasteiger partial charge is 0.197 e. The van der Waals surface area contributed by atoms with Gasteiger partial charge < -0.3 is 4.42 Å². The van der Waals surface area contributed by atoms with Crippen molar-refractivity contribution in [3.05, 3.63) is 18.4 Å². The molecule has 0 N–H and O–H groups in total. The third kappa shape index (κ3) is 2.61. The molecule has 1 aromatic heterocycles. The summed E-state index contributed by atoms with van der Waals surface area (Å²) >= 11 is 0. The Kier molecular flexibility index (Phi) is 3.20. The van der Waals surface area contributed by atoms with Gasteiger partial charge in [0.2, 0.25) is 0 Å². The molecule has 2 rings (SSSR count). The van der Waals surface area contributed by atoms with E-state index in [-0.39, 0.29) is 0 Å². The van der Waals surface area contributed by atoms with Crippen molar-refractivity contribution >= 4 is 0 Å². The van der Waals surface area contributed by atoms with E-state index in [1.54, 1.807) is 6.20 Å². The maximum atomic E-state index is 5.02. The second-order valence-electron chi connectivity index (χ2n) is 3.50. The van der Waals surface area contributed by atoms with Crippen LogP contribution in [0.5, 0.6) is 0 Å². The molecular weight excluding hydrogens is 176 g/mol. The summed E-state index contributed by atoms with van der Waals surface area (Å²) in [5, 5.41) is 0. The van der Waals surface area contributed by atoms with E-state index in [9.17, 15) is 0 Å². The fraction of sp³-hybridized carbons (Fsp3) is 0.545. The number of nitrogens with zero attached hydrogens (tertiary/aromatic N) is 2. The van der Waals surface area contributed by atoms with Crippen molar-refractivity contribution < 1.29 is 4.42 Å². The van der Waals surface area contributed by atoms with Crippen molar-refractivity contribution in [1.29, 1.82) is 0 Å². The van der Waals surface area contributed by atoms with Gasteiger partial charge >= 0.3 is 0 Å². The standard InChI is InChI=1S/C11H14N2O/c1-2-6-13(7-3-1)8-4-5-11-9-12-10-14-11/h9-10H,1-3,6-8H2. The van der Waals surface area contributed by atoms with Crippen molar-refractivity contribution in [2.45, 2.75) is 19.3 Å². The molecular formula is C11H14N2O. The van der Waals surface area contributed by atoms with Gasteiger partial charge in [-0.05, 0) is 31.9 Å². The quantitative estimate of drug-likeness (QED) is 0.629. The Hall–Kier alpha value is -1.27. The molecule has 3 nitrogen and oxygen atoms in total. The van der Waals surface area contributed by atoms with Crippen LogP contribution in [0.3, 0.4) is 0 Å². The first-order valence-corrected chi connectivity index (χ1v) is 5.05. The molecule has 1 aliphatic rings. The molecule has 0 saturated carbocycles. The van der Waals surface area contributed by atoms with E-state index in [4.69, 9.17) is 4.42 Å². The van der Waals surface area contributed by atoms with Gasteiger partial charge in [0.15, 0.2) is 12.2 Å². The van der Waals surface area contributed by atoms with E-state index in [2.05, 4.69) is 21.7 Å². The van der Waals surface area contributed by atoms with Crippen LogP contribution in [0.15, 0.2) is 17.0 Å². The lowest BCUT2D eigenvalue weighted by Crippen LogP contribution is -2.29. The molecule has 0 radical (unpaired) electrons. The summed E-state index contributed by atoms with van der Waals surface area (Å²) < 4.78 is 5.02. The third-order valence-corrected chi connectivity index (χ3v) is 2.40. The minimum absolute atomic E-state index is 0.655. The van der Waals surface area contributed by atoms with Gasteiger partial charge in [0.1, 0.15) is 0 Å². The SMILES string of the molecule is C(#Cc1cnco1)CN1CCCCC1. The van der Waals surface area contributed by atoms with Crippen molar-refractivity contribution in [2.24, 2.45) is 0 Å². The molecule has 0 bridgehead atoms. The molecule has 1 aliphatic heterocycles. The Labute approximate surface area is 84.1 Å². The van der Waals surface area contributed by atoms with Crippen LogP contribution in [-0.4, -0.2) is 29.5 Å². The van der Waals surface area contributed by atoms with E-state index in [0.717, 1.165) is 6.54 Å². The molecule has 14 heavy (non-hydrogen) atoms. The van der Waals surface area contributed by atoms with Crippen LogP contribution in [-0.2, 0) is 0 Å². The van der Waals surface area contributed by atoms with E-state index < -0.39 is 0 Å². The largest absolute Gasteiger partial charge is 0.435 e. The number of likely N-dealkylation sites (tertiary alicyclic amines) is 1. The Bertz CT molecular complexity index is 315. The Morgan fingerprint density at radius 1 is 1.36 bits per heavy atom. The van der Waals surface area contributed by atoms with Gasteiger partial charge in [-0.15, -0.1) is 0 Å². The third-order valence-electron chi connectivity index (χ3n) is 2.40. The number of hydrogen-bond donors (Lipinski definition) is 0. The highest BCUT2D eigenvalue weighted by molar-refractivity contribution is 5.22. The topological polar surface area (TPSA) is 29.3 Å². The fourth-order valence-electron chi connectivity index (χ4n) is 1.63. The first kappa shape index (κ1) is 9.29. The monoisotopic (exact) mass is 190 g/mol. The number of aromatic nitrogens is 1. The van der Waals surface area contributed by atoms with Crippen LogP contribution in [0.2, 0.25) is 0 Å². The van der Waals surface area contributed by atoms with Gasteiger partial charge in [-0.3, -0.25) is 4.90 Å². The van der Waals surface area contributed by atoms with E-state index in [1.807, 2.05) is 0 Å². The molecule has 0 atom stereocenters. The average molecular weight is 190 g/mol. The molecule has 2 heterocycles. The van der Waals surface area contributed by atoms with Gasteiger partial charge in [0, 0.05) is 0 Å². The van der Waals surface area contributed by atoms with Crippen molar-refractivity contribution in [3.63, 3.8) is 0 Å². The highest BCUT2D eigenvalue weighted by Gasteiger charge is 2.07. The molecule has 1 aromatic rings. The van der Waals surface area contributed by atoms with E-state index >= 15 is 0 Å². The lowest BCUT2D eigenvalue weighted by molar-refractivity contribution is 0.255. The summed E-state index contributed by atoms with van der Waals surface area (Å²) in [5.74, 6) is 6.71. The zero-order valence-electron chi connectivity index (χ0n) is 8.20. The number of hydrogen-bond acceptors (Lipinski definition) is 3. The highest BCUT2D eigenvalue weighted by Crippen LogP contribution is 2.07. The Balaban J connectivity index is 1.80. The first-order chi connectivity index (χ1) is 6.95. The summed E-state index contributed by atoms with van der Waals surface area (Å²) in [6.07, 6.45) is 7.04. The summed E-state index contributed by atoms with van der Waals surface area (Å²) in [5.41, 5.74) is 0. The summed E-state index contributed by atoms with van der Waals surface area (Å²) in [6, 6.07) is 0. The lowest BCUT2D eigenvalue weighted by atomic mass is 10.1. The van der Waals surface area contributed by atoms with Gasteiger partial charge in [-0.25, -0.2) is 4.98 Å². The minimum Gasteiger partial charge on any atom is -0.435 e. The second kappa shape index (κ2) is 4.83. The molecule has 0 spiro atoms. The molecule has 3 heteroatoms. The molecule has 1 fully saturated rings. The van der Waals surface area contributed by atoms with Crippen LogP contribution in [0.4, 0.5) is 0 Å². The molecule has 74 valence electrons. The lowest BCUT2D eigenvalue weighted by Gasteiger charge is -2.23. The van der Waals surface area contributed by atoms with Crippen molar-refractivity contribution in [2.75, 3.05) is 19.6 Å². The van der Waals surface area contributed by atoms with Crippen LogP contribution >= 0.6 is 0 Å². The fourth-order valence-corrected chi connectivity index (χ4v) is 1.63. The zero-order valence-corrected chi connectivity index (χ0v) is 8.20. The predicted octanol–water partition coefficient (Wildman–Crippen LogP) is 1.51. The maximum absolute atomic E-state index is 5.02. The Morgan fingerprint density at radius 2 is 2.21 bits per heavy atom. The number of rotatable bonds is 1. The summed E-state index contributed by atoms with van der Waals surface area (Å²) in [7, 11) is 0. The van der Waals surface area contributed by atoms with Crippen LogP contribution in [0.1, 0.15) is 25.0 Å². The van der Waals surface area contributed by atoms with E-state index in [1.165, 1.54) is 38.7 Å². The molecule has 0 amide bonds. The normalized spacial score (nSPS) is 17.4. The zero-order chi connectivity index (χ0) is 9.64. The van der Waals surface area contributed by atoms with Crippen molar-refractivity contribution in [1.82, 2.24) is 9.88 Å². The van der Waals surface area contributed by atoms with Gasteiger partial charge in [-0.1, -0.05) is 12.3 Å². The predicted molar refractivity (Wildman–Crippen MR) is 53.7 cm³/mol. The minimum atomic E-state index is 0.655. The van der Waals surface area contributed by atoms with Crippen LogP contribution in [0, 0.1) is 11.8 Å². The highest BCUT2D eigenvalue weighted by atomic mass is 16.3. The van der Waals surface area contributed by atoms with Crippen LogP contribution < -0.4 is 0 Å². The second-order valence-corrected chi connectivity index (χ2v) is 3.50. The summed E-state index contributed by atoms with van der Waals surface area (Å²) in [6.45, 7) is 3.22. The summed E-state index contributed by atoms with van der Waals surface area (Å²) in [4.78, 5) is 6.19. The molecule has 0 unspecified atom stereocenters. The van der Waals surface area contributed by atoms with Gasteiger partial charge in [0.25, 0.3) is 0 Å². The number of oxazole rings is 1. The van der Waals surface area contributed by atoms with E-state index in [0.29, 0.717) is 5.76 Å². The molecule has 1 saturated heterocycles. The molecule has 0 aliphatic carbocycles. The first-order valence-electron chi connectivity index (χ1n) is 5.05. The number of piperidine rings is 1. The van der Waals surface area contributed by atoms with Gasteiger partial charge in [0.05, 0.1) is 12.7 Å². The maximum Gasteiger partial charge on any atom is 0.197 e.